The van der Waals surface area contributed by atoms with Gasteiger partial charge in [-0.25, -0.2) is 4.98 Å². The normalized spacial score (nSPS) is 12.8. The van der Waals surface area contributed by atoms with Crippen LogP contribution in [0.25, 0.3) is 22.4 Å². The Labute approximate surface area is 237 Å². The highest BCUT2D eigenvalue weighted by Crippen LogP contribution is 2.36. The molecule has 0 radical (unpaired) electrons. The van der Waals surface area contributed by atoms with Crippen molar-refractivity contribution in [3.05, 3.63) is 102 Å². The Balaban J connectivity index is 1.63. The number of hydrogen-bond acceptors (Lipinski definition) is 7. The van der Waals surface area contributed by atoms with E-state index in [2.05, 4.69) is 11.4 Å². The van der Waals surface area contributed by atoms with Crippen LogP contribution in [-0.2, 0) is 9.47 Å². The molecule has 1 aromatic heterocycles. The number of carbonyl (C=O) groups is 2. The third-order valence-corrected chi connectivity index (χ3v) is 6.61. The van der Waals surface area contributed by atoms with E-state index >= 15 is 0 Å². The molecule has 3 aromatic carbocycles. The fourth-order valence-corrected chi connectivity index (χ4v) is 4.58. The van der Waals surface area contributed by atoms with Crippen LogP contribution in [-0.4, -0.2) is 61.9 Å². The summed E-state index contributed by atoms with van der Waals surface area (Å²) < 4.78 is 16.3. The lowest BCUT2D eigenvalue weighted by molar-refractivity contribution is 0.0303. The number of nitrogens with one attached hydrogen (secondary N) is 1. The highest BCUT2D eigenvalue weighted by Gasteiger charge is 2.22. The van der Waals surface area contributed by atoms with E-state index in [0.29, 0.717) is 65.6 Å². The molecule has 9 nitrogen and oxygen atoms in total. The van der Waals surface area contributed by atoms with Gasteiger partial charge in [-0.3, -0.25) is 9.59 Å². The van der Waals surface area contributed by atoms with Crippen molar-refractivity contribution in [3.63, 3.8) is 0 Å². The van der Waals surface area contributed by atoms with Crippen LogP contribution in [0.15, 0.2) is 84.9 Å². The van der Waals surface area contributed by atoms with Gasteiger partial charge in [0.2, 0.25) is 0 Å². The Morgan fingerprint density at radius 2 is 1.68 bits per heavy atom. The molecule has 1 saturated heterocycles. The molecule has 9 heteroatoms. The van der Waals surface area contributed by atoms with Gasteiger partial charge in [-0.05, 0) is 48.0 Å². The molecule has 5 rings (SSSR count). The van der Waals surface area contributed by atoms with E-state index < -0.39 is 5.91 Å². The van der Waals surface area contributed by atoms with Crippen molar-refractivity contribution in [1.82, 2.24) is 9.88 Å². The summed E-state index contributed by atoms with van der Waals surface area (Å²) in [6.07, 6.45) is 0. The minimum absolute atomic E-state index is 0.0312. The molecule has 1 fully saturated rings. The number of hydrogen-bond donors (Lipinski definition) is 1. The molecule has 0 atom stereocenters. The van der Waals surface area contributed by atoms with Crippen molar-refractivity contribution < 1.29 is 23.8 Å². The first-order chi connectivity index (χ1) is 20.1. The molecule has 1 aliphatic heterocycles. The van der Waals surface area contributed by atoms with Crippen LogP contribution < -0.4 is 10.1 Å². The van der Waals surface area contributed by atoms with Crippen LogP contribution in [0.4, 0.5) is 5.82 Å². The fourth-order valence-electron chi connectivity index (χ4n) is 4.58. The van der Waals surface area contributed by atoms with Gasteiger partial charge < -0.3 is 24.4 Å². The molecule has 0 saturated carbocycles. The van der Waals surface area contributed by atoms with Gasteiger partial charge in [-0.15, -0.1) is 0 Å². The minimum atomic E-state index is -0.405. The van der Waals surface area contributed by atoms with Crippen molar-refractivity contribution in [2.45, 2.75) is 0 Å². The first-order valence-corrected chi connectivity index (χ1v) is 13.1. The number of carbonyl (C=O) groups excluding carboxylic acids is 2. The first kappa shape index (κ1) is 27.5. The molecule has 2 amide bonds. The van der Waals surface area contributed by atoms with E-state index in [0.717, 1.165) is 0 Å². The van der Waals surface area contributed by atoms with E-state index in [1.165, 1.54) is 7.11 Å². The first-order valence-electron chi connectivity index (χ1n) is 13.1. The molecule has 0 unspecified atom stereocenters. The van der Waals surface area contributed by atoms with E-state index in [1.54, 1.807) is 59.5 Å². The number of anilines is 1. The lowest BCUT2D eigenvalue weighted by Gasteiger charge is -2.27. The highest BCUT2D eigenvalue weighted by molar-refractivity contribution is 6.05. The second kappa shape index (κ2) is 12.9. The molecular weight excluding hydrogens is 520 g/mol. The number of nitrogens with zero attached hydrogens (tertiary/aromatic N) is 3. The topological polar surface area (TPSA) is 114 Å². The third kappa shape index (κ3) is 6.25. The number of ether oxygens (including phenoxy) is 3. The molecule has 0 spiro atoms. The maximum Gasteiger partial charge on any atom is 0.256 e. The number of aromatic nitrogens is 1. The monoisotopic (exact) mass is 548 g/mol. The van der Waals surface area contributed by atoms with Crippen LogP contribution in [0, 0.1) is 11.3 Å². The second-order valence-corrected chi connectivity index (χ2v) is 9.24. The summed E-state index contributed by atoms with van der Waals surface area (Å²) in [6.45, 7) is 2.04. The standard InChI is InChI=1S/C32H28N4O5/c1-39-21-41-29-13-6-5-12-25(29)28-19-26(23-10-7-11-24(18-23)32(38)36-14-16-40-17-15-36)27(20-33)30(34-28)35-31(37)22-8-3-2-4-9-22/h2-13,18-19H,14-17,21H2,1H3,(H,34,35,37). The zero-order chi connectivity index (χ0) is 28.6. The Bertz CT molecular complexity index is 1590. The van der Waals surface area contributed by atoms with Crippen molar-refractivity contribution in [2.24, 2.45) is 0 Å². The van der Waals surface area contributed by atoms with Crippen LogP contribution in [0.3, 0.4) is 0 Å². The molecule has 4 aromatic rings. The molecular formula is C32H28N4O5. The Kier molecular flexibility index (Phi) is 8.64. The van der Waals surface area contributed by atoms with Crippen molar-refractivity contribution in [2.75, 3.05) is 45.5 Å². The van der Waals surface area contributed by atoms with Crippen molar-refractivity contribution in [1.29, 1.82) is 5.26 Å². The zero-order valence-corrected chi connectivity index (χ0v) is 22.5. The summed E-state index contributed by atoms with van der Waals surface area (Å²) in [6, 6.07) is 27.1. The lowest BCUT2D eigenvalue weighted by Crippen LogP contribution is -2.40. The zero-order valence-electron chi connectivity index (χ0n) is 22.5. The molecule has 2 heterocycles. The Morgan fingerprint density at radius 3 is 2.44 bits per heavy atom. The maximum absolute atomic E-state index is 13.2. The largest absolute Gasteiger partial charge is 0.467 e. The van der Waals surface area contributed by atoms with Crippen LogP contribution in [0.2, 0.25) is 0 Å². The summed E-state index contributed by atoms with van der Waals surface area (Å²) in [5.41, 5.74) is 3.35. The van der Waals surface area contributed by atoms with E-state index in [1.807, 2.05) is 30.3 Å². The predicted molar refractivity (Wildman–Crippen MR) is 153 cm³/mol. The molecule has 41 heavy (non-hydrogen) atoms. The van der Waals surface area contributed by atoms with Crippen molar-refractivity contribution in [3.8, 4) is 34.2 Å². The summed E-state index contributed by atoms with van der Waals surface area (Å²) in [7, 11) is 1.53. The minimum Gasteiger partial charge on any atom is -0.467 e. The summed E-state index contributed by atoms with van der Waals surface area (Å²) in [5.74, 6) is 0.103. The predicted octanol–water partition coefficient (Wildman–Crippen LogP) is 4.99. The van der Waals surface area contributed by atoms with Crippen LogP contribution >= 0.6 is 0 Å². The SMILES string of the molecule is COCOc1ccccc1-c1cc(-c2cccc(C(=O)N3CCOCC3)c2)c(C#N)c(NC(=O)c2ccccc2)n1. The van der Waals surface area contributed by atoms with E-state index in [9.17, 15) is 14.9 Å². The fraction of sp³-hybridized carbons (Fsp3) is 0.188. The van der Waals surface area contributed by atoms with Gasteiger partial charge in [-0.2, -0.15) is 5.26 Å². The van der Waals surface area contributed by atoms with Gasteiger partial charge >= 0.3 is 0 Å². The number of benzene rings is 3. The van der Waals surface area contributed by atoms with E-state index in [-0.39, 0.29) is 24.1 Å². The van der Waals surface area contributed by atoms with Crippen LogP contribution in [0.1, 0.15) is 26.3 Å². The van der Waals surface area contributed by atoms with E-state index in [4.69, 9.17) is 19.2 Å². The Hall–Kier alpha value is -5.04. The molecule has 206 valence electrons. The number of rotatable bonds is 8. The molecule has 1 aliphatic rings. The average Bonchev–Trinajstić information content (AvgIpc) is 3.04. The van der Waals surface area contributed by atoms with Crippen molar-refractivity contribution >= 4 is 17.6 Å². The number of methoxy groups -OCH3 is 1. The van der Waals surface area contributed by atoms with Gasteiger partial charge in [0, 0.05) is 42.5 Å². The number of pyridine rings is 1. The molecule has 1 N–H and O–H groups in total. The van der Waals surface area contributed by atoms with Gasteiger partial charge in [0.25, 0.3) is 11.8 Å². The van der Waals surface area contributed by atoms with Gasteiger partial charge in [-0.1, -0.05) is 42.5 Å². The highest BCUT2D eigenvalue weighted by atomic mass is 16.7. The van der Waals surface area contributed by atoms with Crippen LogP contribution in [0.5, 0.6) is 5.75 Å². The Morgan fingerprint density at radius 1 is 0.951 bits per heavy atom. The number of para-hydroxylation sites is 1. The number of morpholine rings is 1. The van der Waals surface area contributed by atoms with Gasteiger partial charge in [0.05, 0.1) is 18.9 Å². The lowest BCUT2D eigenvalue weighted by atomic mass is 9.96. The molecule has 0 aliphatic carbocycles. The molecule has 0 bridgehead atoms. The summed E-state index contributed by atoms with van der Waals surface area (Å²) in [5, 5.41) is 13.1. The average molecular weight is 549 g/mol. The second-order valence-electron chi connectivity index (χ2n) is 9.24. The van der Waals surface area contributed by atoms with Gasteiger partial charge in [0.15, 0.2) is 12.6 Å². The quantitative estimate of drug-likeness (QED) is 0.309. The maximum atomic E-state index is 13.2. The summed E-state index contributed by atoms with van der Waals surface area (Å²) in [4.78, 5) is 32.8. The number of nitriles is 1. The van der Waals surface area contributed by atoms with Gasteiger partial charge in [0.1, 0.15) is 17.4 Å². The smallest absolute Gasteiger partial charge is 0.256 e. The summed E-state index contributed by atoms with van der Waals surface area (Å²) >= 11 is 0. The number of amides is 2. The third-order valence-electron chi connectivity index (χ3n) is 6.61.